The lowest BCUT2D eigenvalue weighted by Crippen LogP contribution is -2.21. The van der Waals surface area contributed by atoms with Crippen molar-refractivity contribution in [3.63, 3.8) is 0 Å². The predicted octanol–water partition coefficient (Wildman–Crippen LogP) is 2.65. The van der Waals surface area contributed by atoms with Crippen LogP contribution in [0.15, 0.2) is 18.5 Å². The molecule has 0 unspecified atom stereocenters. The van der Waals surface area contributed by atoms with Crippen LogP contribution in [-0.4, -0.2) is 25.9 Å². The second-order valence-corrected chi connectivity index (χ2v) is 5.04. The number of fused-ring (bicyclic) bond motifs is 1. The van der Waals surface area contributed by atoms with Crippen LogP contribution in [-0.2, 0) is 0 Å². The zero-order valence-electron chi connectivity index (χ0n) is 10.5. The summed E-state index contributed by atoms with van der Waals surface area (Å²) in [5.41, 5.74) is 0.790. The van der Waals surface area contributed by atoms with Gasteiger partial charge in [0.05, 0.1) is 0 Å². The van der Waals surface area contributed by atoms with Crippen molar-refractivity contribution in [1.29, 1.82) is 0 Å². The molecule has 0 amide bonds. The maximum absolute atomic E-state index is 4.46. The minimum absolute atomic E-state index is 0.562. The number of nitrogens with one attached hydrogen (secondary N) is 1. The number of rotatable bonds is 2. The lowest BCUT2D eigenvalue weighted by Gasteiger charge is -2.21. The van der Waals surface area contributed by atoms with E-state index in [0.29, 0.717) is 6.04 Å². The monoisotopic (exact) mass is 245 g/mol. The van der Waals surface area contributed by atoms with Crippen molar-refractivity contribution in [3.8, 4) is 0 Å². The lowest BCUT2D eigenvalue weighted by atomic mass is 9.97. The van der Waals surface area contributed by atoms with Crippen LogP contribution < -0.4 is 5.32 Å². The molecule has 1 aliphatic carbocycles. The van der Waals surface area contributed by atoms with Gasteiger partial charge in [-0.25, -0.2) is 0 Å². The van der Waals surface area contributed by atoms with Crippen molar-refractivity contribution in [1.82, 2.24) is 19.8 Å². The molecule has 2 aromatic rings. The standard InChI is InChI=1S/C13H19N5/c1-2-4-6-11(7-5-3-1)15-12-8-9-13-16-14-10-18(13)17-12/h8-11H,1-7H2,(H,15,17). The van der Waals surface area contributed by atoms with Gasteiger partial charge in [0.15, 0.2) is 5.65 Å². The van der Waals surface area contributed by atoms with Gasteiger partial charge in [-0.2, -0.15) is 4.52 Å². The Morgan fingerprint density at radius 3 is 2.67 bits per heavy atom. The fourth-order valence-electron chi connectivity index (χ4n) is 2.62. The average Bonchev–Trinajstić information content (AvgIpc) is 2.79. The Hall–Kier alpha value is -1.65. The molecule has 0 spiro atoms. The van der Waals surface area contributed by atoms with Crippen LogP contribution in [0, 0.1) is 0 Å². The molecule has 5 heteroatoms. The smallest absolute Gasteiger partial charge is 0.177 e. The Bertz CT molecular complexity index is 499. The molecule has 1 fully saturated rings. The molecular formula is C13H19N5. The summed E-state index contributed by atoms with van der Waals surface area (Å²) in [7, 11) is 0. The third-order valence-corrected chi connectivity index (χ3v) is 3.62. The molecule has 0 saturated heterocycles. The zero-order valence-corrected chi connectivity index (χ0v) is 10.5. The van der Waals surface area contributed by atoms with Crippen molar-refractivity contribution in [2.24, 2.45) is 0 Å². The minimum Gasteiger partial charge on any atom is -0.366 e. The van der Waals surface area contributed by atoms with E-state index in [-0.39, 0.29) is 0 Å². The van der Waals surface area contributed by atoms with E-state index in [0.717, 1.165) is 11.5 Å². The van der Waals surface area contributed by atoms with E-state index in [4.69, 9.17) is 0 Å². The maximum Gasteiger partial charge on any atom is 0.177 e. The van der Waals surface area contributed by atoms with Crippen molar-refractivity contribution < 1.29 is 0 Å². The van der Waals surface area contributed by atoms with E-state index in [1.165, 1.54) is 44.9 Å². The molecule has 0 atom stereocenters. The van der Waals surface area contributed by atoms with Crippen LogP contribution >= 0.6 is 0 Å². The van der Waals surface area contributed by atoms with Gasteiger partial charge in [-0.3, -0.25) is 0 Å². The number of nitrogens with zero attached hydrogens (tertiary/aromatic N) is 4. The van der Waals surface area contributed by atoms with Crippen LogP contribution in [0.25, 0.3) is 5.65 Å². The summed E-state index contributed by atoms with van der Waals surface area (Å²) in [5, 5.41) is 15.8. The van der Waals surface area contributed by atoms with Crippen molar-refractivity contribution in [3.05, 3.63) is 18.5 Å². The van der Waals surface area contributed by atoms with E-state index in [9.17, 15) is 0 Å². The Balaban J connectivity index is 1.69. The molecule has 1 saturated carbocycles. The number of hydrogen-bond donors (Lipinski definition) is 1. The summed E-state index contributed by atoms with van der Waals surface area (Å²) in [5.74, 6) is 0.924. The summed E-state index contributed by atoms with van der Waals surface area (Å²) in [6, 6.07) is 4.50. The van der Waals surface area contributed by atoms with Gasteiger partial charge in [0.1, 0.15) is 12.1 Å². The normalized spacial score (nSPS) is 18.4. The third-order valence-electron chi connectivity index (χ3n) is 3.62. The first-order chi connectivity index (χ1) is 8.92. The number of aromatic nitrogens is 4. The Morgan fingerprint density at radius 2 is 1.83 bits per heavy atom. The van der Waals surface area contributed by atoms with Crippen LogP contribution in [0.4, 0.5) is 5.82 Å². The van der Waals surface area contributed by atoms with Gasteiger partial charge in [-0.1, -0.05) is 32.1 Å². The summed E-state index contributed by atoms with van der Waals surface area (Å²) in [6.07, 6.45) is 10.9. The molecule has 2 aromatic heterocycles. The second-order valence-electron chi connectivity index (χ2n) is 5.04. The summed E-state index contributed by atoms with van der Waals surface area (Å²) < 4.78 is 1.71. The number of anilines is 1. The first-order valence-corrected chi connectivity index (χ1v) is 6.85. The van der Waals surface area contributed by atoms with E-state index >= 15 is 0 Å². The topological polar surface area (TPSA) is 55.1 Å². The molecule has 0 bridgehead atoms. The molecule has 3 rings (SSSR count). The summed E-state index contributed by atoms with van der Waals surface area (Å²) in [6.45, 7) is 0. The molecule has 0 aromatic carbocycles. The van der Waals surface area contributed by atoms with Crippen molar-refractivity contribution in [2.45, 2.75) is 51.0 Å². The molecule has 1 aliphatic rings. The molecule has 18 heavy (non-hydrogen) atoms. The van der Waals surface area contributed by atoms with Gasteiger partial charge >= 0.3 is 0 Å². The highest BCUT2D eigenvalue weighted by Crippen LogP contribution is 2.19. The third kappa shape index (κ3) is 2.60. The van der Waals surface area contributed by atoms with Gasteiger partial charge in [-0.05, 0) is 25.0 Å². The molecule has 2 heterocycles. The minimum atomic E-state index is 0.562. The van der Waals surface area contributed by atoms with E-state index in [1.807, 2.05) is 12.1 Å². The highest BCUT2D eigenvalue weighted by atomic mass is 15.4. The van der Waals surface area contributed by atoms with Crippen molar-refractivity contribution >= 4 is 11.5 Å². The SMILES string of the molecule is c1cc2nncn2nc1NC1CCCCCCC1. The van der Waals surface area contributed by atoms with E-state index in [2.05, 4.69) is 20.6 Å². The maximum atomic E-state index is 4.46. The van der Waals surface area contributed by atoms with Gasteiger partial charge in [0.25, 0.3) is 0 Å². The van der Waals surface area contributed by atoms with Gasteiger partial charge in [0, 0.05) is 6.04 Å². The number of hydrogen-bond acceptors (Lipinski definition) is 4. The van der Waals surface area contributed by atoms with E-state index in [1.54, 1.807) is 10.8 Å². The first-order valence-electron chi connectivity index (χ1n) is 6.85. The molecule has 0 radical (unpaired) electrons. The first kappa shape index (κ1) is 11.4. The zero-order chi connectivity index (χ0) is 12.2. The Kier molecular flexibility index (Phi) is 3.39. The largest absolute Gasteiger partial charge is 0.366 e. The fourth-order valence-corrected chi connectivity index (χ4v) is 2.62. The molecule has 0 aliphatic heterocycles. The molecule has 96 valence electrons. The molecule has 1 N–H and O–H groups in total. The van der Waals surface area contributed by atoms with Crippen LogP contribution in [0.3, 0.4) is 0 Å². The predicted molar refractivity (Wildman–Crippen MR) is 70.5 cm³/mol. The van der Waals surface area contributed by atoms with Crippen molar-refractivity contribution in [2.75, 3.05) is 5.32 Å². The van der Waals surface area contributed by atoms with Gasteiger partial charge in [-0.15, -0.1) is 15.3 Å². The Morgan fingerprint density at radius 1 is 1.06 bits per heavy atom. The quantitative estimate of drug-likeness (QED) is 0.883. The Labute approximate surface area is 107 Å². The van der Waals surface area contributed by atoms with Crippen LogP contribution in [0.5, 0.6) is 0 Å². The lowest BCUT2D eigenvalue weighted by molar-refractivity contribution is 0.470. The average molecular weight is 245 g/mol. The van der Waals surface area contributed by atoms with E-state index < -0.39 is 0 Å². The van der Waals surface area contributed by atoms with Crippen LogP contribution in [0.2, 0.25) is 0 Å². The fraction of sp³-hybridized carbons (Fsp3) is 0.615. The molecular weight excluding hydrogens is 226 g/mol. The van der Waals surface area contributed by atoms with Crippen LogP contribution in [0.1, 0.15) is 44.9 Å². The highest BCUT2D eigenvalue weighted by molar-refractivity contribution is 5.43. The van der Waals surface area contributed by atoms with Gasteiger partial charge in [0.2, 0.25) is 0 Å². The molecule has 5 nitrogen and oxygen atoms in total. The second kappa shape index (κ2) is 5.33. The summed E-state index contributed by atoms with van der Waals surface area (Å²) >= 11 is 0. The highest BCUT2D eigenvalue weighted by Gasteiger charge is 2.11. The van der Waals surface area contributed by atoms with Gasteiger partial charge < -0.3 is 5.32 Å². The summed E-state index contributed by atoms with van der Waals surface area (Å²) in [4.78, 5) is 0.